The lowest BCUT2D eigenvalue weighted by Gasteiger charge is -2.14. The molecule has 0 heterocycles. The van der Waals surface area contributed by atoms with Crippen LogP contribution in [0.15, 0.2) is 24.3 Å². The third-order valence-electron chi connectivity index (χ3n) is 3.51. The van der Waals surface area contributed by atoms with Crippen LogP contribution in [0.4, 0.5) is 0 Å². The second-order valence-corrected chi connectivity index (χ2v) is 5.43. The van der Waals surface area contributed by atoms with Crippen LogP contribution in [-0.2, 0) is 11.3 Å². The van der Waals surface area contributed by atoms with Crippen molar-refractivity contribution in [2.45, 2.75) is 51.7 Å². The van der Waals surface area contributed by atoms with Crippen LogP contribution in [0, 0.1) is 0 Å². The summed E-state index contributed by atoms with van der Waals surface area (Å²) in [6.45, 7) is 4.91. The van der Waals surface area contributed by atoms with E-state index in [0.29, 0.717) is 6.04 Å². The van der Waals surface area contributed by atoms with Crippen LogP contribution >= 0.6 is 0 Å². The summed E-state index contributed by atoms with van der Waals surface area (Å²) in [6.07, 6.45) is 3.45. The number of para-hydroxylation sites is 1. The van der Waals surface area contributed by atoms with E-state index in [1.807, 2.05) is 38.1 Å². The molecule has 0 aromatic heterocycles. The highest BCUT2D eigenvalue weighted by Gasteiger charge is 2.20. The zero-order chi connectivity index (χ0) is 14.4. The Bertz CT molecular complexity index is 444. The fourth-order valence-corrected chi connectivity index (χ4v) is 1.89. The number of benzene rings is 1. The molecule has 4 nitrogen and oxygen atoms in total. The first-order valence-electron chi connectivity index (χ1n) is 7.42. The molecule has 2 rings (SSSR count). The highest BCUT2D eigenvalue weighted by atomic mass is 16.5. The van der Waals surface area contributed by atoms with Crippen molar-refractivity contribution in [2.24, 2.45) is 0 Å². The second kappa shape index (κ2) is 7.29. The molecule has 1 aliphatic rings. The Balaban J connectivity index is 1.83. The number of hydrogen-bond donors (Lipinski definition) is 2. The van der Waals surface area contributed by atoms with Crippen LogP contribution in [0.25, 0.3) is 0 Å². The summed E-state index contributed by atoms with van der Waals surface area (Å²) in [6, 6.07) is 8.74. The van der Waals surface area contributed by atoms with Gasteiger partial charge in [0.25, 0.3) is 5.91 Å². The molecule has 20 heavy (non-hydrogen) atoms. The van der Waals surface area contributed by atoms with Crippen LogP contribution < -0.4 is 15.4 Å². The first kappa shape index (κ1) is 14.9. The van der Waals surface area contributed by atoms with Gasteiger partial charge in [0.2, 0.25) is 0 Å². The lowest BCUT2D eigenvalue weighted by Crippen LogP contribution is -2.35. The second-order valence-electron chi connectivity index (χ2n) is 5.43. The molecule has 0 aliphatic heterocycles. The van der Waals surface area contributed by atoms with Crippen molar-refractivity contribution in [3.63, 3.8) is 0 Å². The van der Waals surface area contributed by atoms with Crippen molar-refractivity contribution in [1.29, 1.82) is 0 Å². The number of hydrogen-bond acceptors (Lipinski definition) is 3. The summed E-state index contributed by atoms with van der Waals surface area (Å²) in [5.74, 6) is 0.726. The molecule has 0 bridgehead atoms. The monoisotopic (exact) mass is 276 g/mol. The Morgan fingerprint density at radius 2 is 2.15 bits per heavy atom. The van der Waals surface area contributed by atoms with Crippen molar-refractivity contribution in [1.82, 2.24) is 10.6 Å². The number of carbonyl (C=O) groups is 1. The van der Waals surface area contributed by atoms with Gasteiger partial charge in [0.05, 0.1) is 0 Å². The van der Waals surface area contributed by atoms with Crippen LogP contribution in [0.2, 0.25) is 0 Å². The van der Waals surface area contributed by atoms with Gasteiger partial charge < -0.3 is 15.4 Å². The standard InChI is InChI=1S/C16H24N2O2/c1-3-12(2)18-16(19)11-20-15-7-5-4-6-13(15)10-17-14-8-9-14/h4-7,12,14,17H,3,8-11H2,1-2H3,(H,18,19). The first-order chi connectivity index (χ1) is 9.69. The molecule has 1 aromatic carbocycles. The quantitative estimate of drug-likeness (QED) is 0.765. The Morgan fingerprint density at radius 3 is 2.85 bits per heavy atom. The van der Waals surface area contributed by atoms with Gasteiger partial charge in [-0.2, -0.15) is 0 Å². The molecular formula is C16H24N2O2. The highest BCUT2D eigenvalue weighted by Crippen LogP contribution is 2.22. The van der Waals surface area contributed by atoms with Crippen LogP contribution in [0.5, 0.6) is 5.75 Å². The summed E-state index contributed by atoms with van der Waals surface area (Å²) < 4.78 is 5.64. The summed E-state index contributed by atoms with van der Waals surface area (Å²) in [5.41, 5.74) is 1.11. The predicted molar refractivity (Wildman–Crippen MR) is 79.7 cm³/mol. The zero-order valence-corrected chi connectivity index (χ0v) is 12.3. The Morgan fingerprint density at radius 1 is 1.40 bits per heavy atom. The number of amides is 1. The molecule has 1 unspecified atom stereocenters. The number of ether oxygens (including phenoxy) is 1. The van der Waals surface area contributed by atoms with Crippen LogP contribution in [0.3, 0.4) is 0 Å². The molecule has 1 saturated carbocycles. The largest absolute Gasteiger partial charge is 0.483 e. The maximum absolute atomic E-state index is 11.7. The smallest absolute Gasteiger partial charge is 0.258 e. The van der Waals surface area contributed by atoms with Gasteiger partial charge in [-0.15, -0.1) is 0 Å². The van der Waals surface area contributed by atoms with Crippen molar-refractivity contribution in [3.8, 4) is 5.75 Å². The lowest BCUT2D eigenvalue weighted by molar-refractivity contribution is -0.123. The fraction of sp³-hybridized carbons (Fsp3) is 0.562. The number of carbonyl (C=O) groups excluding carboxylic acids is 1. The van der Waals surface area contributed by atoms with Gasteiger partial charge in [-0.05, 0) is 32.3 Å². The zero-order valence-electron chi connectivity index (χ0n) is 12.3. The Hall–Kier alpha value is -1.55. The van der Waals surface area contributed by atoms with Crippen molar-refractivity contribution in [3.05, 3.63) is 29.8 Å². The van der Waals surface area contributed by atoms with E-state index in [4.69, 9.17) is 4.74 Å². The summed E-state index contributed by atoms with van der Waals surface area (Å²) in [4.78, 5) is 11.7. The van der Waals surface area contributed by atoms with Crippen LogP contribution in [-0.4, -0.2) is 24.6 Å². The van der Waals surface area contributed by atoms with Crippen LogP contribution in [0.1, 0.15) is 38.7 Å². The maximum atomic E-state index is 11.7. The van der Waals surface area contributed by atoms with Crippen molar-refractivity contribution in [2.75, 3.05) is 6.61 Å². The molecule has 1 atom stereocenters. The predicted octanol–water partition coefficient (Wildman–Crippen LogP) is 2.23. The molecule has 1 amide bonds. The van der Waals surface area contributed by atoms with Gasteiger partial charge in [0.15, 0.2) is 6.61 Å². The van der Waals surface area contributed by atoms with Gasteiger partial charge in [-0.1, -0.05) is 25.1 Å². The Kier molecular flexibility index (Phi) is 5.41. The third kappa shape index (κ3) is 4.85. The molecule has 0 radical (unpaired) electrons. The summed E-state index contributed by atoms with van der Waals surface area (Å²) in [5, 5.41) is 6.36. The molecular weight excluding hydrogens is 252 g/mol. The number of rotatable bonds is 8. The van der Waals surface area contributed by atoms with E-state index in [2.05, 4.69) is 10.6 Å². The van der Waals surface area contributed by atoms with E-state index >= 15 is 0 Å². The van der Waals surface area contributed by atoms with Gasteiger partial charge in [-0.3, -0.25) is 4.79 Å². The van der Waals surface area contributed by atoms with E-state index in [9.17, 15) is 4.79 Å². The molecule has 1 aromatic rings. The van der Waals surface area contributed by atoms with Crippen molar-refractivity contribution < 1.29 is 9.53 Å². The van der Waals surface area contributed by atoms with E-state index in [-0.39, 0.29) is 18.6 Å². The fourth-order valence-electron chi connectivity index (χ4n) is 1.89. The third-order valence-corrected chi connectivity index (χ3v) is 3.51. The molecule has 1 fully saturated rings. The average molecular weight is 276 g/mol. The normalized spacial score (nSPS) is 15.7. The number of nitrogens with one attached hydrogen (secondary N) is 2. The topological polar surface area (TPSA) is 50.4 Å². The molecule has 2 N–H and O–H groups in total. The van der Waals surface area contributed by atoms with E-state index in [0.717, 1.165) is 24.3 Å². The minimum atomic E-state index is -0.0655. The minimum absolute atomic E-state index is 0.0655. The average Bonchev–Trinajstić information content (AvgIpc) is 3.27. The molecule has 1 aliphatic carbocycles. The van der Waals surface area contributed by atoms with Crippen molar-refractivity contribution >= 4 is 5.91 Å². The molecule has 4 heteroatoms. The van der Waals surface area contributed by atoms with Gasteiger partial charge in [-0.25, -0.2) is 0 Å². The van der Waals surface area contributed by atoms with E-state index in [1.54, 1.807) is 0 Å². The van der Waals surface area contributed by atoms with Gasteiger partial charge in [0, 0.05) is 24.2 Å². The molecule has 0 saturated heterocycles. The van der Waals surface area contributed by atoms with E-state index in [1.165, 1.54) is 12.8 Å². The van der Waals surface area contributed by atoms with E-state index < -0.39 is 0 Å². The summed E-state index contributed by atoms with van der Waals surface area (Å²) in [7, 11) is 0. The molecule has 0 spiro atoms. The molecule has 110 valence electrons. The minimum Gasteiger partial charge on any atom is -0.483 e. The maximum Gasteiger partial charge on any atom is 0.258 e. The Labute approximate surface area is 120 Å². The van der Waals surface area contributed by atoms with Gasteiger partial charge in [0.1, 0.15) is 5.75 Å². The highest BCUT2D eigenvalue weighted by molar-refractivity contribution is 5.77. The van der Waals surface area contributed by atoms with Gasteiger partial charge >= 0.3 is 0 Å². The lowest BCUT2D eigenvalue weighted by atomic mass is 10.2. The first-order valence-corrected chi connectivity index (χ1v) is 7.42. The summed E-state index contributed by atoms with van der Waals surface area (Å²) >= 11 is 0. The SMILES string of the molecule is CCC(C)NC(=O)COc1ccccc1CNC1CC1.